The monoisotopic (exact) mass is 824 g/mol. The number of nitrogens with one attached hydrogen (secondary N) is 3. The van der Waals surface area contributed by atoms with E-state index in [4.69, 9.17) is 0 Å². The fourth-order valence-corrected chi connectivity index (χ4v) is 7.07. The molecule has 0 aromatic carbocycles. The molecule has 1 heterocycles. The first-order valence-electron chi connectivity index (χ1n) is 21.2. The van der Waals surface area contributed by atoms with Crippen molar-refractivity contribution >= 4 is 47.3 Å². The summed E-state index contributed by atoms with van der Waals surface area (Å²) in [4.78, 5) is 98.6. The molecule has 1 aliphatic heterocycles. The van der Waals surface area contributed by atoms with Gasteiger partial charge < -0.3 is 16.0 Å². The molecule has 1 saturated heterocycles. The van der Waals surface area contributed by atoms with E-state index in [0.717, 1.165) is 25.7 Å². The largest absolute Gasteiger partial charge is 0.356 e. The third-order valence-corrected chi connectivity index (χ3v) is 10.9. The Hall–Kier alpha value is -4.16. The van der Waals surface area contributed by atoms with E-state index in [0.29, 0.717) is 106 Å². The zero-order valence-electron chi connectivity index (χ0n) is 34.9. The van der Waals surface area contributed by atoms with Crippen molar-refractivity contribution < 1.29 is 54.0 Å². The number of nitrogens with zero attached hydrogens (tertiary/aromatic N) is 4. The van der Waals surface area contributed by atoms with Crippen LogP contribution in [0.25, 0.3) is 0 Å². The van der Waals surface area contributed by atoms with E-state index < -0.39 is 17.7 Å². The lowest BCUT2D eigenvalue weighted by atomic mass is 9.81. The van der Waals surface area contributed by atoms with Crippen LogP contribution in [0, 0.1) is 23.7 Å². The predicted molar refractivity (Wildman–Crippen MR) is 210 cm³/mol. The molecule has 6 N–H and O–H groups in total. The van der Waals surface area contributed by atoms with Crippen LogP contribution in [0.3, 0.4) is 0 Å². The first kappa shape index (κ1) is 50.0. The van der Waals surface area contributed by atoms with Crippen LogP contribution < -0.4 is 16.0 Å². The van der Waals surface area contributed by atoms with Gasteiger partial charge in [0.15, 0.2) is 0 Å². The van der Waals surface area contributed by atoms with Gasteiger partial charge in [0.2, 0.25) is 47.3 Å². The lowest BCUT2D eigenvalue weighted by Gasteiger charge is -2.30. The number of hydroxylamine groups is 6. The molecule has 0 aromatic rings. The van der Waals surface area contributed by atoms with Gasteiger partial charge in [-0.15, -0.1) is 0 Å². The number of rotatable bonds is 28. The zero-order valence-corrected chi connectivity index (χ0v) is 34.9. The number of carbonyl (C=O) groups excluding carboxylic acids is 8. The molecule has 1 aliphatic carbocycles. The molecule has 8 amide bonds. The summed E-state index contributed by atoms with van der Waals surface area (Å²) in [5, 5.41) is 39.6. The summed E-state index contributed by atoms with van der Waals surface area (Å²) in [6, 6.07) is 0. The van der Waals surface area contributed by atoms with Gasteiger partial charge in [-0.25, -0.2) is 15.2 Å². The SMILES string of the molecule is CC(=O)N(O)CCCCCNC(=O)CCC(=O)N(O)CCCCCNC(=O)CCC(=O)N(O)CCCCCNC(=O)C1CCC(CN2C(=O)CC(C(C)C)C2=O)CC1. The number of unbranched alkanes of at least 4 members (excludes halogenated alkanes) is 6. The Morgan fingerprint density at radius 1 is 0.638 bits per heavy atom. The second-order valence-corrected chi connectivity index (χ2v) is 16.0. The van der Waals surface area contributed by atoms with Crippen LogP contribution in [-0.4, -0.2) is 129 Å². The highest BCUT2D eigenvalue weighted by Crippen LogP contribution is 2.33. The fraction of sp³-hybridized carbons (Fsp3) is 0.800. The highest BCUT2D eigenvalue weighted by molar-refractivity contribution is 6.03. The number of hydrogen-bond acceptors (Lipinski definition) is 11. The average molecular weight is 824 g/mol. The van der Waals surface area contributed by atoms with Gasteiger partial charge >= 0.3 is 0 Å². The van der Waals surface area contributed by atoms with E-state index >= 15 is 0 Å². The van der Waals surface area contributed by atoms with E-state index in [-0.39, 0.29) is 98.5 Å². The minimum absolute atomic E-state index is 0.00806. The number of amides is 8. The summed E-state index contributed by atoms with van der Waals surface area (Å²) in [7, 11) is 0. The second-order valence-electron chi connectivity index (χ2n) is 16.0. The minimum Gasteiger partial charge on any atom is -0.356 e. The Bertz CT molecular complexity index is 1360. The van der Waals surface area contributed by atoms with Crippen LogP contribution in [0.1, 0.15) is 136 Å². The summed E-state index contributed by atoms with van der Waals surface area (Å²) < 4.78 is 0. The van der Waals surface area contributed by atoms with Gasteiger partial charge in [0.1, 0.15) is 0 Å². The average Bonchev–Trinajstić information content (AvgIpc) is 3.48. The Labute approximate surface area is 342 Å². The fourth-order valence-electron chi connectivity index (χ4n) is 7.07. The Kier molecular flexibility index (Phi) is 23.7. The van der Waals surface area contributed by atoms with Crippen molar-refractivity contribution in [1.29, 1.82) is 0 Å². The van der Waals surface area contributed by atoms with Crippen molar-refractivity contribution in [3.63, 3.8) is 0 Å². The van der Waals surface area contributed by atoms with Crippen molar-refractivity contribution in [3.05, 3.63) is 0 Å². The highest BCUT2D eigenvalue weighted by atomic mass is 16.5. The summed E-state index contributed by atoms with van der Waals surface area (Å²) in [6.07, 6.45) is 8.47. The number of imide groups is 1. The Balaban J connectivity index is 1.42. The van der Waals surface area contributed by atoms with Gasteiger partial charge in [0, 0.05) is 96.7 Å². The van der Waals surface area contributed by atoms with Crippen molar-refractivity contribution in [2.45, 2.75) is 136 Å². The molecule has 2 rings (SSSR count). The molecule has 2 aliphatic rings. The second kappa shape index (κ2) is 27.5. The van der Waals surface area contributed by atoms with Gasteiger partial charge in [-0.2, -0.15) is 0 Å². The van der Waals surface area contributed by atoms with Crippen LogP contribution in [-0.2, 0) is 38.4 Å². The molecule has 0 spiro atoms. The van der Waals surface area contributed by atoms with Gasteiger partial charge in [-0.1, -0.05) is 13.8 Å². The van der Waals surface area contributed by atoms with Crippen molar-refractivity contribution in [3.8, 4) is 0 Å². The van der Waals surface area contributed by atoms with E-state index in [2.05, 4.69) is 16.0 Å². The number of hydrogen-bond donors (Lipinski definition) is 6. The lowest BCUT2D eigenvalue weighted by molar-refractivity contribution is -0.166. The molecule has 2 fully saturated rings. The van der Waals surface area contributed by atoms with E-state index in [9.17, 15) is 54.0 Å². The van der Waals surface area contributed by atoms with Crippen LogP contribution >= 0.6 is 0 Å². The van der Waals surface area contributed by atoms with Crippen LogP contribution in [0.2, 0.25) is 0 Å². The molecule has 1 atom stereocenters. The number of carbonyl (C=O) groups is 8. The molecular weight excluding hydrogens is 754 g/mol. The topological polar surface area (TPSA) is 246 Å². The van der Waals surface area contributed by atoms with Gasteiger partial charge in [0.25, 0.3) is 0 Å². The molecule has 330 valence electrons. The van der Waals surface area contributed by atoms with Crippen LogP contribution in [0.5, 0.6) is 0 Å². The first-order chi connectivity index (χ1) is 27.6. The molecule has 0 radical (unpaired) electrons. The van der Waals surface area contributed by atoms with Gasteiger partial charge in [-0.05, 0) is 95.3 Å². The standard InChI is InChI=1S/C40H69N7O11/c1-29(2)33-27-38(53)44(40(33)55)28-31-13-15-32(16-14-31)39(54)43-23-9-6-12-26-47(58)37(52)20-18-35(50)42-22-8-5-11-25-46(57)36(51)19-17-34(49)41-21-7-4-10-24-45(56)30(3)48/h29,31-33,56-58H,4-28H2,1-3H3,(H,41,49)(H,42,50)(H,43,54). The molecule has 1 unspecified atom stereocenters. The van der Waals surface area contributed by atoms with Crippen molar-refractivity contribution in [2.24, 2.45) is 23.7 Å². The maximum Gasteiger partial charge on any atom is 0.246 e. The molecular formula is C40H69N7O11. The van der Waals surface area contributed by atoms with Crippen LogP contribution in [0.4, 0.5) is 0 Å². The zero-order chi connectivity index (χ0) is 43.0. The van der Waals surface area contributed by atoms with E-state index in [1.165, 1.54) is 11.8 Å². The molecule has 18 nitrogen and oxygen atoms in total. The quantitative estimate of drug-likeness (QED) is 0.0290. The van der Waals surface area contributed by atoms with E-state index in [1.54, 1.807) is 0 Å². The number of likely N-dealkylation sites (tertiary alicyclic amines) is 1. The summed E-state index contributed by atoms with van der Waals surface area (Å²) in [6.45, 7) is 7.31. The van der Waals surface area contributed by atoms with Crippen LogP contribution in [0.15, 0.2) is 0 Å². The first-order valence-corrected chi connectivity index (χ1v) is 21.2. The van der Waals surface area contributed by atoms with E-state index in [1.807, 2.05) is 13.8 Å². The summed E-state index contributed by atoms with van der Waals surface area (Å²) in [5.74, 6) is -2.28. The Morgan fingerprint density at radius 3 is 1.52 bits per heavy atom. The lowest BCUT2D eigenvalue weighted by Crippen LogP contribution is -2.39. The third-order valence-electron chi connectivity index (χ3n) is 10.9. The minimum atomic E-state index is -0.567. The predicted octanol–water partition coefficient (Wildman–Crippen LogP) is 2.92. The Morgan fingerprint density at radius 2 is 1.09 bits per heavy atom. The van der Waals surface area contributed by atoms with Crippen molar-refractivity contribution in [2.75, 3.05) is 45.8 Å². The molecule has 1 saturated carbocycles. The summed E-state index contributed by atoms with van der Waals surface area (Å²) in [5.41, 5.74) is 0. The highest BCUT2D eigenvalue weighted by Gasteiger charge is 2.41. The van der Waals surface area contributed by atoms with Gasteiger partial charge in [-0.3, -0.25) is 58.9 Å². The smallest absolute Gasteiger partial charge is 0.246 e. The normalized spacial score (nSPS) is 17.9. The molecule has 0 aromatic heterocycles. The van der Waals surface area contributed by atoms with Crippen molar-refractivity contribution in [1.82, 2.24) is 36.0 Å². The molecule has 58 heavy (non-hydrogen) atoms. The molecule has 0 bridgehead atoms. The maximum atomic E-state index is 12.7. The third kappa shape index (κ3) is 19.5. The molecule has 18 heteroatoms. The van der Waals surface area contributed by atoms with Gasteiger partial charge in [0.05, 0.1) is 0 Å². The maximum absolute atomic E-state index is 12.7. The summed E-state index contributed by atoms with van der Waals surface area (Å²) >= 11 is 0.